The summed E-state index contributed by atoms with van der Waals surface area (Å²) < 4.78 is 54.0. The highest BCUT2D eigenvalue weighted by Gasteiger charge is 2.43. The highest BCUT2D eigenvalue weighted by molar-refractivity contribution is 5.90. The first-order valence-corrected chi connectivity index (χ1v) is 7.83. The molecule has 3 heterocycles. The van der Waals surface area contributed by atoms with Crippen LogP contribution in [0.2, 0.25) is 0 Å². The molecular weight excluding hydrogens is 338 g/mol. The summed E-state index contributed by atoms with van der Waals surface area (Å²) in [6, 6.07) is 2.16. The molecule has 2 aromatic rings. The number of amides is 2. The van der Waals surface area contributed by atoms with Gasteiger partial charge in [-0.25, -0.2) is 22.9 Å². The molecule has 1 aromatic heterocycles. The molecule has 1 fully saturated rings. The summed E-state index contributed by atoms with van der Waals surface area (Å²) in [5.41, 5.74) is 0.746. The van der Waals surface area contributed by atoms with Gasteiger partial charge in [-0.3, -0.25) is 0 Å². The normalized spacial score (nSPS) is 21.2. The number of carbonyl (C=O) groups excluding carboxylic acids is 1. The summed E-state index contributed by atoms with van der Waals surface area (Å²) >= 11 is 0. The Balaban J connectivity index is 1.63. The predicted octanol–water partition coefficient (Wildman–Crippen LogP) is 3.93. The summed E-state index contributed by atoms with van der Waals surface area (Å²) in [4.78, 5) is 17.8. The van der Waals surface area contributed by atoms with Gasteiger partial charge in [0.25, 0.3) is 0 Å². The van der Waals surface area contributed by atoms with Crippen LogP contribution in [0.4, 0.5) is 28.0 Å². The van der Waals surface area contributed by atoms with Gasteiger partial charge in [-0.05, 0) is 43.0 Å². The van der Waals surface area contributed by atoms with Crippen molar-refractivity contribution in [1.29, 1.82) is 0 Å². The molecule has 4 nitrogen and oxygen atoms in total. The van der Waals surface area contributed by atoms with E-state index in [1.54, 1.807) is 6.07 Å². The Morgan fingerprint density at radius 1 is 1.12 bits per heavy atom. The number of rotatable bonds is 1. The van der Waals surface area contributed by atoms with Gasteiger partial charge in [-0.1, -0.05) is 0 Å². The van der Waals surface area contributed by atoms with Crippen LogP contribution < -0.4 is 5.32 Å². The number of hydrogen-bond acceptors (Lipinski definition) is 2. The third kappa shape index (κ3) is 2.43. The van der Waals surface area contributed by atoms with Crippen molar-refractivity contribution in [1.82, 2.24) is 9.88 Å². The van der Waals surface area contributed by atoms with Gasteiger partial charge in [-0.15, -0.1) is 0 Å². The van der Waals surface area contributed by atoms with E-state index in [0.29, 0.717) is 30.4 Å². The number of aromatic nitrogens is 1. The third-order valence-electron chi connectivity index (χ3n) is 4.85. The minimum absolute atomic E-state index is 0.246. The molecule has 0 aliphatic carbocycles. The summed E-state index contributed by atoms with van der Waals surface area (Å²) in [5.74, 6) is -4.96. The molecule has 2 aliphatic rings. The topological polar surface area (TPSA) is 45.2 Å². The van der Waals surface area contributed by atoms with Gasteiger partial charge in [0.2, 0.25) is 5.95 Å². The van der Waals surface area contributed by atoms with Crippen LogP contribution >= 0.6 is 0 Å². The maximum absolute atomic E-state index is 13.9. The Kier molecular flexibility index (Phi) is 3.63. The first-order chi connectivity index (χ1) is 12.0. The zero-order chi connectivity index (χ0) is 17.7. The van der Waals surface area contributed by atoms with Gasteiger partial charge in [0, 0.05) is 17.8 Å². The average Bonchev–Trinajstić information content (AvgIpc) is 2.92. The fraction of sp³-hybridized carbons (Fsp3) is 0.294. The molecule has 4 rings (SSSR count). The number of nitrogens with one attached hydrogen (secondary N) is 1. The fourth-order valence-corrected chi connectivity index (χ4v) is 3.73. The number of benzene rings is 1. The van der Waals surface area contributed by atoms with Gasteiger partial charge in [-0.2, -0.15) is 4.39 Å². The molecule has 0 spiro atoms. The first-order valence-electron chi connectivity index (χ1n) is 7.83. The highest BCUT2D eigenvalue weighted by atomic mass is 19.2. The van der Waals surface area contributed by atoms with Crippen LogP contribution in [-0.2, 0) is 6.42 Å². The van der Waals surface area contributed by atoms with E-state index < -0.39 is 35.1 Å². The highest BCUT2D eigenvalue weighted by Crippen LogP contribution is 2.44. The van der Waals surface area contributed by atoms with Crippen LogP contribution in [0.15, 0.2) is 24.4 Å². The smallest absolute Gasteiger partial charge is 0.314 e. The largest absolute Gasteiger partial charge is 0.322 e. The zero-order valence-corrected chi connectivity index (χ0v) is 12.9. The van der Waals surface area contributed by atoms with Crippen molar-refractivity contribution in [2.24, 2.45) is 0 Å². The van der Waals surface area contributed by atoms with Crippen molar-refractivity contribution in [2.45, 2.75) is 31.3 Å². The van der Waals surface area contributed by atoms with Crippen molar-refractivity contribution < 1.29 is 22.4 Å². The lowest BCUT2D eigenvalue weighted by Crippen LogP contribution is -2.44. The number of anilines is 1. The maximum atomic E-state index is 13.9. The molecule has 2 atom stereocenters. The summed E-state index contributed by atoms with van der Waals surface area (Å²) in [5, 5.41) is 2.29. The van der Waals surface area contributed by atoms with E-state index in [1.165, 1.54) is 11.1 Å². The molecule has 2 amide bonds. The Bertz CT molecular complexity index is 873. The Labute approximate surface area is 140 Å². The van der Waals surface area contributed by atoms with Gasteiger partial charge in [0.1, 0.15) is 0 Å². The Morgan fingerprint density at radius 3 is 2.72 bits per heavy atom. The van der Waals surface area contributed by atoms with Crippen molar-refractivity contribution in [2.75, 3.05) is 5.32 Å². The zero-order valence-electron chi connectivity index (χ0n) is 12.9. The molecular formula is C17H13F4N3O. The second-order valence-electron chi connectivity index (χ2n) is 6.18. The molecule has 8 heteroatoms. The maximum Gasteiger partial charge on any atom is 0.322 e. The molecule has 1 aromatic carbocycles. The van der Waals surface area contributed by atoms with Gasteiger partial charge >= 0.3 is 6.03 Å². The summed E-state index contributed by atoms with van der Waals surface area (Å²) in [6.07, 6.45) is 2.98. The van der Waals surface area contributed by atoms with Crippen molar-refractivity contribution in [3.8, 4) is 0 Å². The lowest BCUT2D eigenvalue weighted by molar-refractivity contribution is 0.178. The van der Waals surface area contributed by atoms with Crippen LogP contribution in [0.3, 0.4) is 0 Å². The van der Waals surface area contributed by atoms with Gasteiger partial charge < -0.3 is 10.2 Å². The molecule has 0 radical (unpaired) electrons. The molecule has 130 valence electrons. The van der Waals surface area contributed by atoms with E-state index in [0.717, 1.165) is 12.1 Å². The minimum Gasteiger partial charge on any atom is -0.314 e. The van der Waals surface area contributed by atoms with Crippen molar-refractivity contribution >= 4 is 11.7 Å². The molecule has 1 saturated heterocycles. The van der Waals surface area contributed by atoms with E-state index in [-0.39, 0.29) is 12.1 Å². The predicted molar refractivity (Wildman–Crippen MR) is 80.8 cm³/mol. The van der Waals surface area contributed by atoms with Crippen LogP contribution in [0, 0.1) is 23.4 Å². The number of pyridine rings is 1. The van der Waals surface area contributed by atoms with E-state index in [4.69, 9.17) is 0 Å². The second kappa shape index (κ2) is 5.72. The SMILES string of the molecule is O=C(Nc1ccc(F)c(F)c1F)N1[C@@H]2CC[C@H]1c1ccnc(F)c1C2. The van der Waals surface area contributed by atoms with Gasteiger partial charge in [0.05, 0.1) is 11.7 Å². The molecule has 0 unspecified atom stereocenters. The first kappa shape index (κ1) is 15.9. The van der Waals surface area contributed by atoms with E-state index in [2.05, 4.69) is 10.3 Å². The molecule has 0 saturated carbocycles. The second-order valence-corrected chi connectivity index (χ2v) is 6.18. The quantitative estimate of drug-likeness (QED) is 0.481. The van der Waals surface area contributed by atoms with Crippen LogP contribution in [0.5, 0.6) is 0 Å². The molecule has 2 aliphatic heterocycles. The number of halogens is 4. The number of fused-ring (bicyclic) bond motifs is 4. The lowest BCUT2D eigenvalue weighted by Gasteiger charge is -2.36. The van der Waals surface area contributed by atoms with Crippen LogP contribution in [-0.4, -0.2) is 22.0 Å². The number of hydrogen-bond donors (Lipinski definition) is 1. The van der Waals surface area contributed by atoms with E-state index in [9.17, 15) is 22.4 Å². The number of carbonyl (C=O) groups is 1. The van der Waals surface area contributed by atoms with E-state index in [1.807, 2.05) is 0 Å². The fourth-order valence-electron chi connectivity index (χ4n) is 3.73. The van der Waals surface area contributed by atoms with Crippen LogP contribution in [0.1, 0.15) is 30.0 Å². The van der Waals surface area contributed by atoms with Crippen LogP contribution in [0.25, 0.3) is 0 Å². The molecule has 2 bridgehead atoms. The van der Waals surface area contributed by atoms with Gasteiger partial charge in [0.15, 0.2) is 17.5 Å². The standard InChI is InChI=1S/C17H13F4N3O/c18-11-2-3-12(15(20)14(11)19)23-17(25)24-8-1-4-13(24)9-5-6-22-16(21)10(9)7-8/h2-3,5-6,8,13H,1,4,7H2,(H,23,25)/t8-,13+/m1/s1. The summed E-state index contributed by atoms with van der Waals surface area (Å²) in [7, 11) is 0. The van der Waals surface area contributed by atoms with Crippen molar-refractivity contribution in [3.63, 3.8) is 0 Å². The lowest BCUT2D eigenvalue weighted by atomic mass is 9.95. The average molecular weight is 351 g/mol. The third-order valence-corrected chi connectivity index (χ3v) is 4.85. The number of nitrogens with zero attached hydrogens (tertiary/aromatic N) is 2. The van der Waals surface area contributed by atoms with Crippen molar-refractivity contribution in [3.05, 3.63) is 58.9 Å². The molecule has 25 heavy (non-hydrogen) atoms. The Hall–Kier alpha value is -2.64. The Morgan fingerprint density at radius 2 is 1.92 bits per heavy atom. The summed E-state index contributed by atoms with van der Waals surface area (Å²) in [6.45, 7) is 0. The minimum atomic E-state index is -1.64. The van der Waals surface area contributed by atoms with E-state index >= 15 is 0 Å². The molecule has 1 N–H and O–H groups in total. The number of urea groups is 1. The monoisotopic (exact) mass is 351 g/mol.